The Morgan fingerprint density at radius 1 is 0.821 bits per heavy atom. The van der Waals surface area contributed by atoms with Crippen LogP contribution in [0.4, 0.5) is 11.4 Å². The van der Waals surface area contributed by atoms with Crippen LogP contribution in [0.1, 0.15) is 21.5 Å². The number of thioether (sulfide) groups is 1. The van der Waals surface area contributed by atoms with E-state index >= 15 is 0 Å². The molecule has 0 saturated carbocycles. The SMILES string of the molecule is Cc1ccccc1/C=C(\NC(=O)c1ccccc1)C(=O)Nc1cccc(SCC(=O)Nc2ccccc2Br)c1. The maximum atomic E-state index is 13.3. The third-order valence-electron chi connectivity index (χ3n) is 5.63. The van der Waals surface area contributed by atoms with Gasteiger partial charge in [0.1, 0.15) is 5.70 Å². The molecule has 3 N–H and O–H groups in total. The Morgan fingerprint density at radius 3 is 2.31 bits per heavy atom. The van der Waals surface area contributed by atoms with Crippen LogP contribution in [-0.4, -0.2) is 23.5 Å². The van der Waals surface area contributed by atoms with Gasteiger partial charge < -0.3 is 16.0 Å². The van der Waals surface area contributed by atoms with Crippen molar-refractivity contribution in [2.75, 3.05) is 16.4 Å². The van der Waals surface area contributed by atoms with E-state index in [2.05, 4.69) is 31.9 Å². The van der Waals surface area contributed by atoms with Gasteiger partial charge in [0.05, 0.1) is 11.4 Å². The second kappa shape index (κ2) is 13.6. The average molecular weight is 601 g/mol. The molecule has 4 aromatic carbocycles. The van der Waals surface area contributed by atoms with Gasteiger partial charge in [-0.05, 0) is 82.5 Å². The second-order valence-corrected chi connectivity index (χ2v) is 10.4. The molecule has 4 aromatic rings. The average Bonchev–Trinajstić information content (AvgIpc) is 2.94. The molecule has 3 amide bonds. The predicted octanol–water partition coefficient (Wildman–Crippen LogP) is 6.90. The molecule has 0 saturated heterocycles. The molecule has 6 nitrogen and oxygen atoms in total. The standard InChI is InChI=1S/C31H26BrN3O3S/c1-21-10-5-6-13-23(21)18-28(35-30(37)22-11-3-2-4-12-22)31(38)33-24-14-9-15-25(19-24)39-20-29(36)34-27-17-8-7-16-26(27)32/h2-19H,20H2,1H3,(H,33,38)(H,34,36)(H,35,37)/b28-18-. The first-order chi connectivity index (χ1) is 18.9. The van der Waals surface area contributed by atoms with Crippen molar-refractivity contribution in [3.05, 3.63) is 130 Å². The lowest BCUT2D eigenvalue weighted by Crippen LogP contribution is -2.30. The summed E-state index contributed by atoms with van der Waals surface area (Å²) >= 11 is 4.78. The van der Waals surface area contributed by atoms with Crippen molar-refractivity contribution in [1.82, 2.24) is 5.32 Å². The summed E-state index contributed by atoms with van der Waals surface area (Å²) in [4.78, 5) is 39.5. The first-order valence-corrected chi connectivity index (χ1v) is 13.9. The molecule has 196 valence electrons. The number of para-hydroxylation sites is 1. The quantitative estimate of drug-likeness (QED) is 0.144. The van der Waals surface area contributed by atoms with Crippen LogP contribution in [-0.2, 0) is 9.59 Å². The molecule has 8 heteroatoms. The van der Waals surface area contributed by atoms with E-state index in [9.17, 15) is 14.4 Å². The smallest absolute Gasteiger partial charge is 0.272 e. The van der Waals surface area contributed by atoms with Crippen molar-refractivity contribution in [3.8, 4) is 0 Å². The van der Waals surface area contributed by atoms with Gasteiger partial charge in [-0.1, -0.05) is 60.7 Å². The second-order valence-electron chi connectivity index (χ2n) is 8.53. The highest BCUT2D eigenvalue weighted by molar-refractivity contribution is 9.10. The molecule has 0 spiro atoms. The minimum Gasteiger partial charge on any atom is -0.324 e. The molecule has 4 rings (SSSR count). The molecule has 0 aliphatic carbocycles. The van der Waals surface area contributed by atoms with Gasteiger partial charge >= 0.3 is 0 Å². The van der Waals surface area contributed by atoms with Crippen molar-refractivity contribution in [3.63, 3.8) is 0 Å². The molecule has 0 aromatic heterocycles. The van der Waals surface area contributed by atoms with E-state index in [1.54, 1.807) is 48.5 Å². The molecular weight excluding hydrogens is 574 g/mol. The van der Waals surface area contributed by atoms with Crippen LogP contribution < -0.4 is 16.0 Å². The van der Waals surface area contributed by atoms with Crippen LogP contribution in [0.5, 0.6) is 0 Å². The fourth-order valence-electron chi connectivity index (χ4n) is 3.61. The number of anilines is 2. The number of carbonyl (C=O) groups is 3. The number of benzene rings is 4. The van der Waals surface area contributed by atoms with Crippen LogP contribution in [0.2, 0.25) is 0 Å². The Hall–Kier alpha value is -4.14. The van der Waals surface area contributed by atoms with Gasteiger partial charge in [-0.15, -0.1) is 11.8 Å². The number of rotatable bonds is 9. The first-order valence-electron chi connectivity index (χ1n) is 12.1. The minimum absolute atomic E-state index is 0.115. The molecule has 0 radical (unpaired) electrons. The maximum Gasteiger partial charge on any atom is 0.272 e. The number of carbonyl (C=O) groups excluding carboxylic acids is 3. The highest BCUT2D eigenvalue weighted by atomic mass is 79.9. The number of aryl methyl sites for hydroxylation is 1. The zero-order valence-corrected chi connectivity index (χ0v) is 23.5. The van der Waals surface area contributed by atoms with E-state index in [1.165, 1.54) is 11.8 Å². The van der Waals surface area contributed by atoms with E-state index in [0.29, 0.717) is 16.9 Å². The Morgan fingerprint density at radius 2 is 1.54 bits per heavy atom. The van der Waals surface area contributed by atoms with Crippen LogP contribution >= 0.6 is 27.7 Å². The van der Waals surface area contributed by atoms with E-state index in [-0.39, 0.29) is 23.3 Å². The number of nitrogens with one attached hydrogen (secondary N) is 3. The third-order valence-corrected chi connectivity index (χ3v) is 7.31. The summed E-state index contributed by atoms with van der Waals surface area (Å²) in [5.41, 5.74) is 3.59. The highest BCUT2D eigenvalue weighted by Gasteiger charge is 2.16. The normalized spacial score (nSPS) is 11.0. The van der Waals surface area contributed by atoms with Crippen molar-refractivity contribution in [2.45, 2.75) is 11.8 Å². The fraction of sp³-hybridized carbons (Fsp3) is 0.0645. The number of halogens is 1. The molecule has 0 atom stereocenters. The molecular formula is C31H26BrN3O3S. The van der Waals surface area contributed by atoms with Gasteiger partial charge in [0, 0.05) is 20.6 Å². The maximum absolute atomic E-state index is 13.3. The van der Waals surface area contributed by atoms with Gasteiger partial charge in [0.2, 0.25) is 5.91 Å². The summed E-state index contributed by atoms with van der Waals surface area (Å²) < 4.78 is 0.807. The lowest BCUT2D eigenvalue weighted by Gasteiger charge is -2.13. The molecule has 0 unspecified atom stereocenters. The van der Waals surface area contributed by atoms with E-state index in [0.717, 1.165) is 20.5 Å². The van der Waals surface area contributed by atoms with Gasteiger partial charge in [-0.2, -0.15) is 0 Å². The topological polar surface area (TPSA) is 87.3 Å². The fourth-order valence-corrected chi connectivity index (χ4v) is 4.75. The lowest BCUT2D eigenvalue weighted by molar-refractivity contribution is -0.114. The zero-order valence-electron chi connectivity index (χ0n) is 21.1. The molecule has 0 fully saturated rings. The summed E-state index contributed by atoms with van der Waals surface area (Å²) in [7, 11) is 0. The predicted molar refractivity (Wildman–Crippen MR) is 162 cm³/mol. The number of hydrogen-bond acceptors (Lipinski definition) is 4. The van der Waals surface area contributed by atoms with E-state index in [1.807, 2.05) is 67.6 Å². The summed E-state index contributed by atoms with van der Waals surface area (Å²) in [5.74, 6) is -0.791. The van der Waals surface area contributed by atoms with Crippen molar-refractivity contribution >= 4 is 62.9 Å². The van der Waals surface area contributed by atoms with Gasteiger partial charge in [-0.3, -0.25) is 14.4 Å². The molecule has 0 aliphatic rings. The summed E-state index contributed by atoms with van der Waals surface area (Å²) in [6.45, 7) is 1.94. The Bertz CT molecular complexity index is 1520. The third kappa shape index (κ3) is 8.17. The van der Waals surface area contributed by atoms with Crippen molar-refractivity contribution in [2.24, 2.45) is 0 Å². The van der Waals surface area contributed by atoms with Crippen LogP contribution in [0.15, 0.2) is 118 Å². The summed E-state index contributed by atoms with van der Waals surface area (Å²) in [6, 6.07) is 31.0. The van der Waals surface area contributed by atoms with Crippen LogP contribution in [0.25, 0.3) is 6.08 Å². The zero-order chi connectivity index (χ0) is 27.6. The molecule has 39 heavy (non-hydrogen) atoms. The summed E-state index contributed by atoms with van der Waals surface area (Å²) in [6.07, 6.45) is 1.66. The molecule has 0 bridgehead atoms. The summed E-state index contributed by atoms with van der Waals surface area (Å²) in [5, 5.41) is 8.51. The molecule has 0 heterocycles. The number of amides is 3. The first kappa shape index (κ1) is 27.9. The number of hydrogen-bond donors (Lipinski definition) is 3. The minimum atomic E-state index is -0.462. The van der Waals surface area contributed by atoms with Crippen molar-refractivity contribution in [1.29, 1.82) is 0 Å². The Labute approximate surface area is 240 Å². The van der Waals surface area contributed by atoms with Gasteiger partial charge in [0.25, 0.3) is 11.8 Å². The van der Waals surface area contributed by atoms with Crippen LogP contribution in [0.3, 0.4) is 0 Å². The van der Waals surface area contributed by atoms with Crippen molar-refractivity contribution < 1.29 is 14.4 Å². The van der Waals surface area contributed by atoms with E-state index in [4.69, 9.17) is 0 Å². The highest BCUT2D eigenvalue weighted by Crippen LogP contribution is 2.24. The van der Waals surface area contributed by atoms with Crippen LogP contribution in [0, 0.1) is 6.92 Å². The Kier molecular flexibility index (Phi) is 9.72. The van der Waals surface area contributed by atoms with Gasteiger partial charge in [0.15, 0.2) is 0 Å². The Balaban J connectivity index is 1.46. The van der Waals surface area contributed by atoms with Gasteiger partial charge in [-0.25, -0.2) is 0 Å². The lowest BCUT2D eigenvalue weighted by atomic mass is 10.1. The molecule has 0 aliphatic heterocycles. The largest absolute Gasteiger partial charge is 0.324 e. The van der Waals surface area contributed by atoms with E-state index < -0.39 is 5.91 Å². The monoisotopic (exact) mass is 599 g/mol.